The summed E-state index contributed by atoms with van der Waals surface area (Å²) < 4.78 is 0. The number of carbonyl (C=O) groups excluding carboxylic acids is 1. The van der Waals surface area contributed by atoms with E-state index in [9.17, 15) is 4.79 Å². The molecule has 2 heteroatoms. The zero-order chi connectivity index (χ0) is 9.03. The molecule has 70 valence electrons. The van der Waals surface area contributed by atoms with E-state index in [2.05, 4.69) is 19.2 Å². The Bertz CT molecular complexity index is 148. The van der Waals surface area contributed by atoms with Crippen LogP contribution >= 0.6 is 0 Å². The fourth-order valence-corrected chi connectivity index (χ4v) is 2.19. The minimum atomic E-state index is 0.111. The van der Waals surface area contributed by atoms with Gasteiger partial charge in [0.2, 0.25) is 6.41 Å². The van der Waals surface area contributed by atoms with Gasteiger partial charge in [0.25, 0.3) is 0 Å². The van der Waals surface area contributed by atoms with E-state index in [-0.39, 0.29) is 5.54 Å². The third-order valence-electron chi connectivity index (χ3n) is 3.20. The molecular weight excluding hydrogens is 150 g/mol. The van der Waals surface area contributed by atoms with Crippen LogP contribution in [0.15, 0.2) is 0 Å². The van der Waals surface area contributed by atoms with E-state index in [0.29, 0.717) is 5.92 Å². The van der Waals surface area contributed by atoms with Crippen LogP contribution in [0, 0.1) is 5.92 Å². The molecule has 1 amide bonds. The predicted molar refractivity (Wildman–Crippen MR) is 49.9 cm³/mol. The molecule has 0 bridgehead atoms. The minimum absolute atomic E-state index is 0.111. The summed E-state index contributed by atoms with van der Waals surface area (Å²) in [6.45, 7) is 4.39. The van der Waals surface area contributed by atoms with Crippen LogP contribution in [-0.4, -0.2) is 11.9 Å². The number of nitrogens with one attached hydrogen (secondary N) is 1. The average Bonchev–Trinajstić information content (AvgIpc) is 2.06. The van der Waals surface area contributed by atoms with Crippen molar-refractivity contribution in [2.75, 3.05) is 0 Å². The zero-order valence-corrected chi connectivity index (χ0v) is 8.10. The lowest BCUT2D eigenvalue weighted by Crippen LogP contribution is -2.50. The molecule has 0 aromatic heterocycles. The van der Waals surface area contributed by atoms with Crippen molar-refractivity contribution in [3.05, 3.63) is 0 Å². The van der Waals surface area contributed by atoms with E-state index in [1.807, 2.05) is 0 Å². The van der Waals surface area contributed by atoms with Crippen molar-refractivity contribution in [1.82, 2.24) is 5.32 Å². The van der Waals surface area contributed by atoms with E-state index in [0.717, 1.165) is 19.3 Å². The Kier molecular flexibility index (Phi) is 3.12. The first-order chi connectivity index (χ1) is 5.71. The van der Waals surface area contributed by atoms with Gasteiger partial charge in [-0.05, 0) is 18.8 Å². The predicted octanol–water partition coefficient (Wildman–Crippen LogP) is 2.09. The first-order valence-electron chi connectivity index (χ1n) is 4.92. The number of hydrogen-bond acceptors (Lipinski definition) is 1. The van der Waals surface area contributed by atoms with Crippen molar-refractivity contribution in [3.8, 4) is 0 Å². The SMILES string of the molecule is CC(C)C1(NC=O)CCCCC1. The van der Waals surface area contributed by atoms with Gasteiger partial charge in [0.05, 0.1) is 0 Å². The monoisotopic (exact) mass is 169 g/mol. The lowest BCUT2D eigenvalue weighted by Gasteiger charge is -2.40. The summed E-state index contributed by atoms with van der Waals surface area (Å²) in [5, 5.41) is 3.02. The van der Waals surface area contributed by atoms with Gasteiger partial charge in [0, 0.05) is 5.54 Å². The third kappa shape index (κ3) is 1.79. The largest absolute Gasteiger partial charge is 0.353 e. The van der Waals surface area contributed by atoms with Gasteiger partial charge in [-0.2, -0.15) is 0 Å². The van der Waals surface area contributed by atoms with Crippen molar-refractivity contribution in [2.24, 2.45) is 5.92 Å². The molecule has 0 radical (unpaired) electrons. The van der Waals surface area contributed by atoms with Crippen molar-refractivity contribution in [2.45, 2.75) is 51.5 Å². The normalized spacial score (nSPS) is 22.2. The van der Waals surface area contributed by atoms with E-state index in [1.165, 1.54) is 19.3 Å². The summed E-state index contributed by atoms with van der Waals surface area (Å²) in [7, 11) is 0. The van der Waals surface area contributed by atoms with Crippen LogP contribution < -0.4 is 5.32 Å². The van der Waals surface area contributed by atoms with Gasteiger partial charge in [-0.15, -0.1) is 0 Å². The molecule has 0 spiro atoms. The van der Waals surface area contributed by atoms with Crippen LogP contribution in [-0.2, 0) is 4.79 Å². The molecule has 1 aliphatic rings. The molecule has 1 aliphatic carbocycles. The maximum absolute atomic E-state index is 10.5. The quantitative estimate of drug-likeness (QED) is 0.644. The Morgan fingerprint density at radius 3 is 2.25 bits per heavy atom. The molecule has 1 rings (SSSR count). The molecule has 0 atom stereocenters. The summed E-state index contributed by atoms with van der Waals surface area (Å²) in [5.41, 5.74) is 0.111. The molecule has 0 aromatic carbocycles. The Balaban J connectivity index is 2.62. The zero-order valence-electron chi connectivity index (χ0n) is 8.10. The van der Waals surface area contributed by atoms with E-state index in [1.54, 1.807) is 0 Å². The molecule has 0 heterocycles. The van der Waals surface area contributed by atoms with Gasteiger partial charge in [-0.25, -0.2) is 0 Å². The number of hydrogen-bond donors (Lipinski definition) is 1. The van der Waals surface area contributed by atoms with Crippen LogP contribution in [0.3, 0.4) is 0 Å². The van der Waals surface area contributed by atoms with Crippen LogP contribution in [0.2, 0.25) is 0 Å². The van der Waals surface area contributed by atoms with Crippen LogP contribution in [0.1, 0.15) is 46.0 Å². The summed E-state index contributed by atoms with van der Waals surface area (Å²) in [6, 6.07) is 0. The highest BCUT2D eigenvalue weighted by Gasteiger charge is 2.34. The molecule has 0 unspecified atom stereocenters. The molecule has 0 aliphatic heterocycles. The fraction of sp³-hybridized carbons (Fsp3) is 0.900. The van der Waals surface area contributed by atoms with Crippen molar-refractivity contribution < 1.29 is 4.79 Å². The first-order valence-corrected chi connectivity index (χ1v) is 4.92. The molecule has 1 N–H and O–H groups in total. The van der Waals surface area contributed by atoms with Gasteiger partial charge in [0.1, 0.15) is 0 Å². The van der Waals surface area contributed by atoms with Gasteiger partial charge in [0.15, 0.2) is 0 Å². The maximum atomic E-state index is 10.5. The molecule has 0 saturated heterocycles. The Morgan fingerprint density at radius 2 is 1.83 bits per heavy atom. The highest BCUT2D eigenvalue weighted by molar-refractivity contribution is 5.48. The summed E-state index contributed by atoms with van der Waals surface area (Å²) >= 11 is 0. The highest BCUT2D eigenvalue weighted by Crippen LogP contribution is 2.33. The topological polar surface area (TPSA) is 29.1 Å². The average molecular weight is 169 g/mol. The number of amides is 1. The number of rotatable bonds is 3. The Labute approximate surface area is 74.7 Å². The summed E-state index contributed by atoms with van der Waals surface area (Å²) in [5.74, 6) is 0.558. The van der Waals surface area contributed by atoms with Gasteiger partial charge < -0.3 is 5.32 Å². The van der Waals surface area contributed by atoms with Crippen LogP contribution in [0.25, 0.3) is 0 Å². The molecule has 12 heavy (non-hydrogen) atoms. The summed E-state index contributed by atoms with van der Waals surface area (Å²) in [6.07, 6.45) is 7.03. The van der Waals surface area contributed by atoms with Crippen molar-refractivity contribution >= 4 is 6.41 Å². The molecule has 0 aromatic rings. The van der Waals surface area contributed by atoms with E-state index < -0.39 is 0 Å². The first kappa shape index (κ1) is 9.56. The van der Waals surface area contributed by atoms with Crippen LogP contribution in [0.4, 0.5) is 0 Å². The molecule has 2 nitrogen and oxygen atoms in total. The summed E-state index contributed by atoms with van der Waals surface area (Å²) in [4.78, 5) is 10.5. The standard InChI is InChI=1S/C10H19NO/c1-9(2)10(11-8-12)6-4-3-5-7-10/h8-9H,3-7H2,1-2H3,(H,11,12). The van der Waals surface area contributed by atoms with Crippen molar-refractivity contribution in [3.63, 3.8) is 0 Å². The Morgan fingerprint density at radius 1 is 1.25 bits per heavy atom. The fourth-order valence-electron chi connectivity index (χ4n) is 2.19. The van der Waals surface area contributed by atoms with Gasteiger partial charge >= 0.3 is 0 Å². The van der Waals surface area contributed by atoms with E-state index >= 15 is 0 Å². The second-order valence-corrected chi connectivity index (χ2v) is 4.13. The minimum Gasteiger partial charge on any atom is -0.353 e. The van der Waals surface area contributed by atoms with E-state index in [4.69, 9.17) is 0 Å². The molecular formula is C10H19NO. The van der Waals surface area contributed by atoms with Crippen molar-refractivity contribution in [1.29, 1.82) is 0 Å². The molecule has 1 fully saturated rings. The third-order valence-corrected chi connectivity index (χ3v) is 3.20. The maximum Gasteiger partial charge on any atom is 0.207 e. The Hall–Kier alpha value is -0.530. The smallest absolute Gasteiger partial charge is 0.207 e. The lowest BCUT2D eigenvalue weighted by molar-refractivity contribution is -0.112. The number of carbonyl (C=O) groups is 1. The lowest BCUT2D eigenvalue weighted by atomic mass is 9.74. The second-order valence-electron chi connectivity index (χ2n) is 4.13. The van der Waals surface area contributed by atoms with Gasteiger partial charge in [-0.3, -0.25) is 4.79 Å². The second kappa shape index (κ2) is 3.92. The van der Waals surface area contributed by atoms with Gasteiger partial charge in [-0.1, -0.05) is 33.1 Å². The molecule has 1 saturated carbocycles. The van der Waals surface area contributed by atoms with Crippen LogP contribution in [0.5, 0.6) is 0 Å². The highest BCUT2D eigenvalue weighted by atomic mass is 16.1.